The van der Waals surface area contributed by atoms with E-state index in [2.05, 4.69) is 16.0 Å². The summed E-state index contributed by atoms with van der Waals surface area (Å²) in [4.78, 5) is 154. The quantitative estimate of drug-likeness (QED) is 0.235. The first-order chi connectivity index (χ1) is 38.2. The minimum absolute atomic E-state index is 0. The van der Waals surface area contributed by atoms with Gasteiger partial charge in [0.2, 0.25) is 59.1 Å². The zero-order chi connectivity index (χ0) is 62.1. The molecule has 3 rings (SSSR count). The number of likely N-dealkylation sites (tertiary alicyclic amines) is 1. The van der Waals surface area contributed by atoms with Crippen molar-refractivity contribution >= 4 is 70.8 Å². The molecule has 2 aliphatic heterocycles. The number of nitrogens with one attached hydrogen (secondary N) is 3. The number of carbonyl (C=O) groups excluding carboxylic acids is 10. The maximum Gasteiger partial charge on any atom is 0.248 e. The Morgan fingerprint density at radius 2 is 1.23 bits per heavy atom. The molecule has 0 radical (unpaired) electrons. The predicted octanol–water partition coefficient (Wildman–Crippen LogP) is 3.13. The van der Waals surface area contributed by atoms with Gasteiger partial charge in [-0.1, -0.05) is 78.3 Å². The van der Waals surface area contributed by atoms with Gasteiger partial charge in [-0.15, -0.1) is 11.8 Å². The lowest BCUT2D eigenvalue weighted by atomic mass is 9.95. The zero-order valence-corrected chi connectivity index (χ0v) is 52.8. The Morgan fingerprint density at radius 1 is 0.683 bits per heavy atom. The predicted molar refractivity (Wildman–Crippen MR) is 322 cm³/mol. The van der Waals surface area contributed by atoms with Crippen molar-refractivity contribution in [1.82, 2.24) is 50.2 Å². The minimum atomic E-state index is -1.60. The second-order valence-electron chi connectivity index (χ2n) is 24.2. The number of nitrogens with zero attached hydrogens (tertiary/aromatic N) is 7. The van der Waals surface area contributed by atoms with E-state index >= 15 is 0 Å². The highest BCUT2D eigenvalue weighted by molar-refractivity contribution is 8.00. The smallest absolute Gasteiger partial charge is 0.248 e. The average Bonchev–Trinajstić information content (AvgIpc) is 3.60. The van der Waals surface area contributed by atoms with Crippen LogP contribution < -0.4 is 16.0 Å². The molecular weight excluding hydrogens is 1070 g/mol. The van der Waals surface area contributed by atoms with E-state index in [0.29, 0.717) is 25.1 Å². The lowest BCUT2D eigenvalue weighted by Crippen LogP contribution is -2.62. The highest BCUT2D eigenvalue weighted by Crippen LogP contribution is 2.23. The lowest BCUT2D eigenvalue weighted by Gasteiger charge is -2.38. The average molecular weight is 1180 g/mol. The van der Waals surface area contributed by atoms with Crippen molar-refractivity contribution in [3.05, 3.63) is 35.9 Å². The van der Waals surface area contributed by atoms with Gasteiger partial charge < -0.3 is 60.1 Å². The second kappa shape index (κ2) is 32.3. The Balaban J connectivity index is 0.0000235. The Morgan fingerprint density at radius 3 is 1.77 bits per heavy atom. The van der Waals surface area contributed by atoms with Gasteiger partial charge in [0, 0.05) is 71.8 Å². The van der Waals surface area contributed by atoms with Gasteiger partial charge in [-0.25, -0.2) is 0 Å². The van der Waals surface area contributed by atoms with E-state index < -0.39 is 126 Å². The molecule has 2 fully saturated rings. The van der Waals surface area contributed by atoms with Crippen LogP contribution in [0.15, 0.2) is 30.3 Å². The number of thioether (sulfide) groups is 1. The molecule has 0 unspecified atom stereocenters. The molecule has 82 heavy (non-hydrogen) atoms. The van der Waals surface area contributed by atoms with Crippen molar-refractivity contribution in [3.63, 3.8) is 0 Å². The lowest BCUT2D eigenvalue weighted by molar-refractivity contribution is -0.151. The molecule has 22 nitrogen and oxygen atoms in total. The molecule has 0 saturated carbocycles. The summed E-state index contributed by atoms with van der Waals surface area (Å²) in [5.41, 5.74) is -0.0864. The molecule has 2 saturated heterocycles. The summed E-state index contributed by atoms with van der Waals surface area (Å²) in [6.07, 6.45) is 1.66. The molecule has 468 valence electrons. The topological polar surface area (TPSA) is 259 Å². The molecule has 1 aromatic rings. The number of hydrogen-bond donors (Lipinski definition) is 4. The number of aliphatic hydroxyl groups is 1. The summed E-state index contributed by atoms with van der Waals surface area (Å²) in [7, 11) is 8.50. The molecule has 0 bridgehead atoms. The van der Waals surface area contributed by atoms with Gasteiger partial charge in [0.1, 0.15) is 48.3 Å². The number of piperidine rings is 1. The van der Waals surface area contributed by atoms with E-state index in [0.717, 1.165) is 35.9 Å². The monoisotopic (exact) mass is 1180 g/mol. The molecule has 1 aromatic carbocycles. The van der Waals surface area contributed by atoms with Gasteiger partial charge in [-0.3, -0.25) is 47.9 Å². The fraction of sp³-hybridized carbons (Fsp3) is 0.729. The second-order valence-corrected chi connectivity index (χ2v) is 25.3. The van der Waals surface area contributed by atoms with E-state index in [1.807, 2.05) is 40.7 Å². The van der Waals surface area contributed by atoms with E-state index in [-0.39, 0.29) is 59.4 Å². The van der Waals surface area contributed by atoms with Crippen LogP contribution in [0.2, 0.25) is 0 Å². The number of likely N-dealkylation sites (N-methyl/N-ethyl adjacent to an activating group) is 6. The molecule has 4 N–H and O–H groups in total. The Kier molecular flexibility index (Phi) is 27.8. The van der Waals surface area contributed by atoms with Crippen LogP contribution in [0.1, 0.15) is 125 Å². The Bertz CT molecular complexity index is 2370. The SMILES string of the molecule is CC[C@H](C)[C@H]1C(=O)N[C@H](C(=O)N2CCCCC2)CSCC(=O)N(C)[C@@H](C)C(=O)N(C)[C@@H](Cc2ccccc2)C(=O)N(C)[C@@H](CC(C)C)C(=O)N[C@@H]([C@@H](C)O)C(=O)N(C)CC(=O)N(C)[C@@H](CC(C)C)C(=O)N[C@@H](COC(C)(C)C)C(=O)N1C.[HH].[HH].[HH]. The Labute approximate surface area is 496 Å². The highest BCUT2D eigenvalue weighted by atomic mass is 32.2. The number of rotatable bonds is 12. The van der Waals surface area contributed by atoms with E-state index in [1.165, 1.54) is 80.6 Å². The third-order valence-corrected chi connectivity index (χ3v) is 16.5. The fourth-order valence-electron chi connectivity index (χ4n) is 9.99. The first kappa shape index (κ1) is 70.5. The Hall–Kier alpha value is -5.81. The van der Waals surface area contributed by atoms with Crippen molar-refractivity contribution in [2.75, 3.05) is 80.0 Å². The number of ether oxygens (including phenoxy) is 1. The van der Waals surface area contributed by atoms with E-state index in [4.69, 9.17) is 4.74 Å². The van der Waals surface area contributed by atoms with Crippen LogP contribution in [-0.4, -0.2) is 239 Å². The number of benzene rings is 1. The molecule has 23 heteroatoms. The molecular formula is C59H104N10O12S. The van der Waals surface area contributed by atoms with Crippen molar-refractivity contribution in [3.8, 4) is 0 Å². The summed E-state index contributed by atoms with van der Waals surface area (Å²) in [6.45, 7) is 19.2. The molecule has 2 aliphatic rings. The van der Waals surface area contributed by atoms with Crippen LogP contribution in [0.4, 0.5) is 0 Å². The van der Waals surface area contributed by atoms with Crippen molar-refractivity contribution in [2.24, 2.45) is 17.8 Å². The number of hydrogen-bond acceptors (Lipinski definition) is 13. The summed E-state index contributed by atoms with van der Waals surface area (Å²) in [5, 5.41) is 19.5. The van der Waals surface area contributed by atoms with Crippen LogP contribution in [0, 0.1) is 17.8 Å². The van der Waals surface area contributed by atoms with Gasteiger partial charge in [0.05, 0.1) is 30.6 Å². The number of carbonyl (C=O) groups is 10. The third kappa shape index (κ3) is 20.2. The zero-order valence-electron chi connectivity index (χ0n) is 52.0. The van der Waals surface area contributed by atoms with Gasteiger partial charge >= 0.3 is 0 Å². The molecule has 10 atom stereocenters. The maximum atomic E-state index is 15.0. The summed E-state index contributed by atoms with van der Waals surface area (Å²) < 4.78 is 6.11. The standard InChI is InChI=1S/C59H98N10O12S.3H2/c1-18-38(6)50-53(75)61-43(56(78)69-27-23-20-24-28-69)34-82-35-48(72)64(13)39(7)54(76)67(16)46(31-41-25-21-19-22-26-41)57(79)66(15)45(30-37(4)5)52(74)62-49(40(8)70)58(80)63(12)32-47(71)65(14)44(29-36(2)3)51(73)60-42(55(77)68(50)17)33-81-59(9,10)11;;;/h19,21-22,25-26,36-40,42-46,49-50,70H,18,20,23-24,27-35H2,1-17H3,(H,60,73)(H,61,75)(H,62,74);3*1H/t38-,39-,40+,42-,43-,44-,45-,46-,49-,50-;;;/m0.../s1. The normalized spacial score (nSPS) is 26.0. The van der Waals surface area contributed by atoms with Crippen LogP contribution in [0.5, 0.6) is 0 Å². The van der Waals surface area contributed by atoms with Gasteiger partial charge in [0.25, 0.3) is 0 Å². The van der Waals surface area contributed by atoms with Crippen LogP contribution in [0.3, 0.4) is 0 Å². The molecule has 0 aliphatic carbocycles. The van der Waals surface area contributed by atoms with Gasteiger partial charge in [-0.05, 0) is 90.0 Å². The summed E-state index contributed by atoms with van der Waals surface area (Å²) >= 11 is 1.09. The van der Waals surface area contributed by atoms with E-state index in [9.17, 15) is 53.1 Å². The highest BCUT2D eigenvalue weighted by Gasteiger charge is 2.42. The molecule has 2 heterocycles. The van der Waals surface area contributed by atoms with Crippen LogP contribution in [-0.2, 0) is 59.1 Å². The van der Waals surface area contributed by atoms with Crippen LogP contribution >= 0.6 is 11.8 Å². The third-order valence-electron chi connectivity index (χ3n) is 15.5. The van der Waals surface area contributed by atoms with Gasteiger partial charge in [0.15, 0.2) is 0 Å². The largest absolute Gasteiger partial charge is 0.391 e. The fourth-order valence-corrected chi connectivity index (χ4v) is 11.0. The number of amides is 10. The van der Waals surface area contributed by atoms with E-state index in [1.54, 1.807) is 56.9 Å². The summed E-state index contributed by atoms with van der Waals surface area (Å²) in [6, 6.07) is -1.01. The molecule has 0 aromatic heterocycles. The first-order valence-electron chi connectivity index (χ1n) is 28.9. The van der Waals surface area contributed by atoms with Crippen molar-refractivity contribution in [2.45, 2.75) is 181 Å². The maximum absolute atomic E-state index is 15.0. The first-order valence-corrected chi connectivity index (χ1v) is 30.1. The number of aliphatic hydroxyl groups excluding tert-OH is 1. The van der Waals surface area contributed by atoms with Crippen molar-refractivity contribution < 1.29 is 62.1 Å². The molecule has 0 spiro atoms. The molecule has 10 amide bonds. The van der Waals surface area contributed by atoms with Crippen LogP contribution in [0.25, 0.3) is 0 Å². The van der Waals surface area contributed by atoms with Crippen molar-refractivity contribution in [1.29, 1.82) is 0 Å². The summed E-state index contributed by atoms with van der Waals surface area (Å²) in [5.74, 6) is -7.42. The minimum Gasteiger partial charge on any atom is -0.391 e. The van der Waals surface area contributed by atoms with Gasteiger partial charge in [-0.2, -0.15) is 0 Å².